The lowest BCUT2D eigenvalue weighted by Crippen LogP contribution is -2.32. The normalized spacial score (nSPS) is 16.5. The second-order valence-electron chi connectivity index (χ2n) is 8.28. The summed E-state index contributed by atoms with van der Waals surface area (Å²) in [6.07, 6.45) is 6.63. The molecule has 4 rings (SSSR count). The fraction of sp³-hybridized carbons (Fsp3) is 0.385. The third-order valence-corrected chi connectivity index (χ3v) is 6.63. The van der Waals surface area contributed by atoms with Crippen molar-refractivity contribution >= 4 is 33.6 Å². The Morgan fingerprint density at radius 2 is 1.87 bits per heavy atom. The number of H-pyrrole nitrogens is 1. The summed E-state index contributed by atoms with van der Waals surface area (Å²) in [4.78, 5) is 6.24. The molecular weight excluding hydrogens is 395 g/mol. The summed E-state index contributed by atoms with van der Waals surface area (Å²) in [5.74, 6) is 0.356. The van der Waals surface area contributed by atoms with E-state index in [1.807, 2.05) is 6.08 Å². The van der Waals surface area contributed by atoms with Gasteiger partial charge < -0.3 is 9.88 Å². The number of aryl methyl sites for hydroxylation is 1. The van der Waals surface area contributed by atoms with Gasteiger partial charge in [0.25, 0.3) is 0 Å². The largest absolute Gasteiger partial charge is 0.358 e. The lowest BCUT2D eigenvalue weighted by molar-refractivity contribution is 0.222. The van der Waals surface area contributed by atoms with Crippen LogP contribution in [0, 0.1) is 5.82 Å². The molecule has 2 heterocycles. The molecule has 0 spiro atoms. The third kappa shape index (κ3) is 4.48. The Bertz CT molecular complexity index is 1030. The predicted octanol–water partition coefficient (Wildman–Crippen LogP) is 7.20. The van der Waals surface area contributed by atoms with E-state index in [4.69, 9.17) is 11.6 Å². The lowest BCUT2D eigenvalue weighted by atomic mass is 9.86. The van der Waals surface area contributed by atoms with Gasteiger partial charge in [-0.1, -0.05) is 50.1 Å². The molecule has 0 amide bonds. The van der Waals surface area contributed by atoms with Gasteiger partial charge in [-0.25, -0.2) is 4.39 Å². The number of hydrogen-bond donors (Lipinski definition) is 1. The predicted molar refractivity (Wildman–Crippen MR) is 127 cm³/mol. The highest BCUT2D eigenvalue weighted by atomic mass is 35.5. The van der Waals surface area contributed by atoms with Crippen molar-refractivity contribution in [1.29, 1.82) is 0 Å². The first-order chi connectivity index (χ1) is 14.6. The molecular formula is C26H30ClFN2. The number of rotatable bonds is 6. The van der Waals surface area contributed by atoms with Gasteiger partial charge >= 0.3 is 0 Å². The molecule has 1 aliphatic rings. The average Bonchev–Trinajstić information content (AvgIpc) is 3.11. The van der Waals surface area contributed by atoms with E-state index in [0.29, 0.717) is 11.0 Å². The molecule has 4 heteroatoms. The fourth-order valence-corrected chi connectivity index (χ4v) is 4.92. The number of fused-ring (bicyclic) bond motifs is 1. The van der Waals surface area contributed by atoms with Crippen LogP contribution in [0.2, 0.25) is 0 Å². The number of halogens is 2. The van der Waals surface area contributed by atoms with Crippen molar-refractivity contribution in [2.45, 2.75) is 45.4 Å². The summed E-state index contributed by atoms with van der Waals surface area (Å²) >= 11 is 6.55. The van der Waals surface area contributed by atoms with E-state index in [1.165, 1.54) is 60.2 Å². The average molecular weight is 425 g/mol. The van der Waals surface area contributed by atoms with E-state index in [-0.39, 0.29) is 5.82 Å². The molecule has 0 unspecified atom stereocenters. The van der Waals surface area contributed by atoms with Crippen molar-refractivity contribution in [3.05, 3.63) is 70.7 Å². The molecule has 1 fully saturated rings. The van der Waals surface area contributed by atoms with Crippen LogP contribution < -0.4 is 0 Å². The lowest BCUT2D eigenvalue weighted by Gasteiger charge is -2.31. The Hall–Kier alpha value is -2.10. The van der Waals surface area contributed by atoms with E-state index in [0.717, 1.165) is 30.5 Å². The van der Waals surface area contributed by atoms with Crippen molar-refractivity contribution in [1.82, 2.24) is 9.88 Å². The van der Waals surface area contributed by atoms with Crippen LogP contribution in [0.4, 0.5) is 4.39 Å². The van der Waals surface area contributed by atoms with E-state index < -0.39 is 0 Å². The minimum atomic E-state index is -0.251. The minimum Gasteiger partial charge on any atom is -0.358 e. The summed E-state index contributed by atoms with van der Waals surface area (Å²) in [5.41, 5.74) is 6.02. The van der Waals surface area contributed by atoms with Crippen molar-refractivity contribution in [3.8, 4) is 0 Å². The molecule has 3 aromatic rings. The highest BCUT2D eigenvalue weighted by Crippen LogP contribution is 2.37. The summed E-state index contributed by atoms with van der Waals surface area (Å²) in [6.45, 7) is 7.98. The van der Waals surface area contributed by atoms with Crippen molar-refractivity contribution in [3.63, 3.8) is 0 Å². The van der Waals surface area contributed by atoms with E-state index in [2.05, 4.69) is 41.9 Å². The SMILES string of the molecule is CCCc1[nH]c2ccc(/C=C(\Cl)c3ccc(F)cc3)cc2c1C1CCN(CC)CC1. The van der Waals surface area contributed by atoms with Gasteiger partial charge in [-0.2, -0.15) is 0 Å². The first-order valence-corrected chi connectivity index (χ1v) is 11.5. The zero-order chi connectivity index (χ0) is 21.1. The van der Waals surface area contributed by atoms with Gasteiger partial charge in [0.05, 0.1) is 0 Å². The minimum absolute atomic E-state index is 0.251. The Kier molecular flexibility index (Phi) is 6.60. The van der Waals surface area contributed by atoms with Gasteiger partial charge in [0, 0.05) is 21.6 Å². The fourth-order valence-electron chi connectivity index (χ4n) is 4.67. The van der Waals surface area contributed by atoms with Crippen LogP contribution in [-0.4, -0.2) is 29.5 Å². The quantitative estimate of drug-likeness (QED) is 0.414. The number of nitrogens with zero attached hydrogens (tertiary/aromatic N) is 1. The summed E-state index contributed by atoms with van der Waals surface area (Å²) < 4.78 is 13.2. The van der Waals surface area contributed by atoms with Crippen LogP contribution >= 0.6 is 11.6 Å². The Balaban J connectivity index is 1.70. The van der Waals surface area contributed by atoms with E-state index in [1.54, 1.807) is 12.1 Å². The first-order valence-electron chi connectivity index (χ1n) is 11.1. The van der Waals surface area contributed by atoms with Crippen molar-refractivity contribution in [2.75, 3.05) is 19.6 Å². The van der Waals surface area contributed by atoms with Crippen LogP contribution in [-0.2, 0) is 6.42 Å². The standard InChI is InChI=1S/C26H30ClFN2/c1-3-5-25-26(20-12-14-30(4-2)15-13-20)22-16-18(6-11-24(22)29-25)17-23(27)19-7-9-21(28)10-8-19/h6-11,16-17,20,29H,3-5,12-15H2,1-2H3/b23-17-. The van der Waals surface area contributed by atoms with Gasteiger partial charge in [0.15, 0.2) is 0 Å². The zero-order valence-corrected chi connectivity index (χ0v) is 18.6. The van der Waals surface area contributed by atoms with Gasteiger partial charge in [-0.3, -0.25) is 0 Å². The highest BCUT2D eigenvalue weighted by molar-refractivity contribution is 6.51. The Labute approximate surface area is 183 Å². The summed E-state index contributed by atoms with van der Waals surface area (Å²) in [6, 6.07) is 12.9. The summed E-state index contributed by atoms with van der Waals surface area (Å²) in [7, 11) is 0. The maximum absolute atomic E-state index is 13.2. The van der Waals surface area contributed by atoms with Crippen LogP contribution in [0.5, 0.6) is 0 Å². The molecule has 0 bridgehead atoms. The Morgan fingerprint density at radius 1 is 1.13 bits per heavy atom. The molecule has 2 aromatic carbocycles. The number of nitrogens with one attached hydrogen (secondary N) is 1. The molecule has 0 saturated carbocycles. The van der Waals surface area contributed by atoms with Crippen LogP contribution in [0.3, 0.4) is 0 Å². The molecule has 2 nitrogen and oxygen atoms in total. The topological polar surface area (TPSA) is 19.0 Å². The number of benzene rings is 2. The zero-order valence-electron chi connectivity index (χ0n) is 17.8. The molecule has 1 aliphatic heterocycles. The van der Waals surface area contributed by atoms with Crippen LogP contribution in [0.15, 0.2) is 42.5 Å². The monoisotopic (exact) mass is 424 g/mol. The van der Waals surface area contributed by atoms with Gasteiger partial charge in [0.2, 0.25) is 0 Å². The maximum atomic E-state index is 13.2. The maximum Gasteiger partial charge on any atom is 0.123 e. The third-order valence-electron chi connectivity index (χ3n) is 6.30. The molecule has 158 valence electrons. The number of hydrogen-bond acceptors (Lipinski definition) is 1. The molecule has 1 aromatic heterocycles. The molecule has 1 saturated heterocycles. The summed E-state index contributed by atoms with van der Waals surface area (Å²) in [5, 5.41) is 1.95. The van der Waals surface area contributed by atoms with E-state index in [9.17, 15) is 4.39 Å². The second kappa shape index (κ2) is 9.36. The Morgan fingerprint density at radius 3 is 2.53 bits per heavy atom. The van der Waals surface area contributed by atoms with Gasteiger partial charge in [-0.05, 0) is 91.8 Å². The smallest absolute Gasteiger partial charge is 0.123 e. The molecule has 0 aliphatic carbocycles. The molecule has 0 atom stereocenters. The number of piperidine rings is 1. The van der Waals surface area contributed by atoms with Gasteiger partial charge in [-0.15, -0.1) is 0 Å². The molecule has 30 heavy (non-hydrogen) atoms. The van der Waals surface area contributed by atoms with Gasteiger partial charge in [0.1, 0.15) is 5.82 Å². The number of likely N-dealkylation sites (tertiary alicyclic amines) is 1. The first kappa shape index (κ1) is 21.1. The van der Waals surface area contributed by atoms with Crippen molar-refractivity contribution in [2.24, 2.45) is 0 Å². The number of aromatic amines is 1. The highest BCUT2D eigenvalue weighted by Gasteiger charge is 2.25. The van der Waals surface area contributed by atoms with Crippen LogP contribution in [0.1, 0.15) is 61.4 Å². The van der Waals surface area contributed by atoms with Crippen LogP contribution in [0.25, 0.3) is 22.0 Å². The van der Waals surface area contributed by atoms with E-state index >= 15 is 0 Å². The van der Waals surface area contributed by atoms with Crippen molar-refractivity contribution < 1.29 is 4.39 Å². The number of aromatic nitrogens is 1. The molecule has 1 N–H and O–H groups in total. The molecule has 0 radical (unpaired) electrons. The second-order valence-corrected chi connectivity index (χ2v) is 8.69.